The Hall–Kier alpha value is -2.37. The molecule has 1 saturated carbocycles. The van der Waals surface area contributed by atoms with Crippen LogP contribution in [0.4, 0.5) is 0 Å². The number of methoxy groups -OCH3 is 1. The van der Waals surface area contributed by atoms with Crippen LogP contribution in [0.15, 0.2) is 24.3 Å². The monoisotopic (exact) mass is 368 g/mol. The zero-order valence-electron chi connectivity index (χ0n) is 16.4. The van der Waals surface area contributed by atoms with E-state index in [1.807, 2.05) is 29.2 Å². The van der Waals surface area contributed by atoms with Gasteiger partial charge < -0.3 is 9.64 Å². The maximum Gasteiger partial charge on any atom is 0.254 e. The summed E-state index contributed by atoms with van der Waals surface area (Å²) in [6.07, 6.45) is 4.75. The van der Waals surface area contributed by atoms with Gasteiger partial charge in [-0.2, -0.15) is 5.10 Å². The van der Waals surface area contributed by atoms with Gasteiger partial charge >= 0.3 is 0 Å². The first kappa shape index (κ1) is 18.0. The van der Waals surface area contributed by atoms with E-state index in [1.165, 1.54) is 12.8 Å². The zero-order valence-corrected chi connectivity index (χ0v) is 16.4. The molecule has 27 heavy (non-hydrogen) atoms. The summed E-state index contributed by atoms with van der Waals surface area (Å²) < 4.78 is 5.28. The number of likely N-dealkylation sites (tertiary alicyclic amines) is 1. The fourth-order valence-electron chi connectivity index (χ4n) is 4.73. The number of rotatable bonds is 4. The summed E-state index contributed by atoms with van der Waals surface area (Å²) in [4.78, 5) is 20.0. The first-order valence-electron chi connectivity index (χ1n) is 9.88. The molecule has 2 heterocycles. The fraction of sp³-hybridized carbons (Fsp3) is 0.571. The van der Waals surface area contributed by atoms with E-state index in [2.05, 4.69) is 24.0 Å². The summed E-state index contributed by atoms with van der Waals surface area (Å²) in [5, 5.41) is 7.59. The zero-order chi connectivity index (χ0) is 19.0. The van der Waals surface area contributed by atoms with Crippen molar-refractivity contribution in [1.82, 2.24) is 20.1 Å². The Bertz CT molecular complexity index is 823. The van der Waals surface area contributed by atoms with Crippen molar-refractivity contribution in [1.29, 1.82) is 0 Å². The second kappa shape index (κ2) is 6.98. The number of aromatic nitrogens is 3. The summed E-state index contributed by atoms with van der Waals surface area (Å²) in [6, 6.07) is 7.42. The maximum atomic E-state index is 13.2. The van der Waals surface area contributed by atoms with Crippen LogP contribution < -0.4 is 4.74 Å². The molecule has 1 spiro atoms. The van der Waals surface area contributed by atoms with Crippen molar-refractivity contribution in [3.63, 3.8) is 0 Å². The third kappa shape index (κ3) is 3.22. The van der Waals surface area contributed by atoms with E-state index in [0.29, 0.717) is 23.8 Å². The van der Waals surface area contributed by atoms with E-state index < -0.39 is 0 Å². The largest absolute Gasteiger partial charge is 0.497 e. The molecule has 0 radical (unpaired) electrons. The van der Waals surface area contributed by atoms with Crippen molar-refractivity contribution < 1.29 is 9.53 Å². The van der Waals surface area contributed by atoms with Gasteiger partial charge in [0.05, 0.1) is 7.11 Å². The van der Waals surface area contributed by atoms with Gasteiger partial charge in [-0.1, -0.05) is 32.8 Å². The third-order valence-corrected chi connectivity index (χ3v) is 6.22. The predicted molar refractivity (Wildman–Crippen MR) is 103 cm³/mol. The summed E-state index contributed by atoms with van der Waals surface area (Å²) in [5.41, 5.74) is 0.811. The number of hydrogen-bond acceptors (Lipinski definition) is 4. The van der Waals surface area contributed by atoms with E-state index in [9.17, 15) is 4.79 Å². The van der Waals surface area contributed by atoms with E-state index in [1.54, 1.807) is 7.11 Å². The van der Waals surface area contributed by atoms with Crippen LogP contribution in [0.2, 0.25) is 0 Å². The summed E-state index contributed by atoms with van der Waals surface area (Å²) in [5.74, 6) is 3.12. The number of H-pyrrole nitrogens is 1. The number of nitrogens with zero attached hydrogens (tertiary/aromatic N) is 3. The predicted octanol–water partition coefficient (Wildman–Crippen LogP) is 3.74. The molecule has 2 fully saturated rings. The lowest BCUT2D eigenvalue weighted by Crippen LogP contribution is -2.31. The molecule has 1 aromatic carbocycles. The molecule has 1 aliphatic heterocycles. The van der Waals surface area contributed by atoms with Crippen molar-refractivity contribution in [2.45, 2.75) is 51.4 Å². The van der Waals surface area contributed by atoms with Crippen molar-refractivity contribution in [3.05, 3.63) is 41.5 Å². The number of benzene rings is 1. The van der Waals surface area contributed by atoms with Crippen LogP contribution in [0.3, 0.4) is 0 Å². The van der Waals surface area contributed by atoms with Crippen LogP contribution in [-0.4, -0.2) is 46.2 Å². The van der Waals surface area contributed by atoms with Crippen molar-refractivity contribution >= 4 is 5.91 Å². The number of ether oxygens (including phenoxy) is 1. The molecule has 1 atom stereocenters. The number of aromatic amines is 1. The van der Waals surface area contributed by atoms with Crippen molar-refractivity contribution in [2.75, 3.05) is 20.2 Å². The summed E-state index contributed by atoms with van der Waals surface area (Å²) >= 11 is 0. The first-order valence-corrected chi connectivity index (χ1v) is 9.88. The smallest absolute Gasteiger partial charge is 0.254 e. The van der Waals surface area contributed by atoms with Gasteiger partial charge in [0.1, 0.15) is 11.6 Å². The molecule has 1 unspecified atom stereocenters. The van der Waals surface area contributed by atoms with Gasteiger partial charge in [-0.3, -0.25) is 9.89 Å². The average molecular weight is 368 g/mol. The van der Waals surface area contributed by atoms with Crippen LogP contribution in [0.1, 0.15) is 73.4 Å². The molecule has 1 amide bonds. The van der Waals surface area contributed by atoms with Crippen LogP contribution in [0, 0.1) is 5.41 Å². The maximum absolute atomic E-state index is 13.2. The SMILES string of the molecule is COc1cccc(C(=O)N2CC(c3nc(C(C)C)n[nH]3)C3(CCCC3)C2)c1. The normalized spacial score (nSPS) is 21.3. The van der Waals surface area contributed by atoms with Gasteiger partial charge in [0, 0.05) is 30.5 Å². The quantitative estimate of drug-likeness (QED) is 0.892. The molecule has 4 rings (SSSR count). The van der Waals surface area contributed by atoms with E-state index in [4.69, 9.17) is 9.72 Å². The van der Waals surface area contributed by atoms with Gasteiger partial charge in [-0.15, -0.1) is 0 Å². The van der Waals surface area contributed by atoms with Crippen molar-refractivity contribution in [2.24, 2.45) is 5.41 Å². The molecule has 2 aromatic rings. The minimum atomic E-state index is 0.0753. The highest BCUT2D eigenvalue weighted by atomic mass is 16.5. The summed E-state index contributed by atoms with van der Waals surface area (Å²) in [6.45, 7) is 5.70. The molecule has 144 valence electrons. The molecular formula is C21H28N4O2. The molecule has 1 N–H and O–H groups in total. The van der Waals surface area contributed by atoms with Gasteiger partial charge in [0.25, 0.3) is 5.91 Å². The highest BCUT2D eigenvalue weighted by Gasteiger charge is 2.51. The molecule has 0 bridgehead atoms. The molecule has 6 nitrogen and oxygen atoms in total. The van der Waals surface area contributed by atoms with Gasteiger partial charge in [-0.05, 0) is 36.5 Å². The first-order chi connectivity index (χ1) is 13.0. The lowest BCUT2D eigenvalue weighted by Gasteiger charge is -2.28. The minimum Gasteiger partial charge on any atom is -0.497 e. The van der Waals surface area contributed by atoms with Gasteiger partial charge in [0.2, 0.25) is 0 Å². The molecule has 6 heteroatoms. The Kier molecular flexibility index (Phi) is 4.66. The highest BCUT2D eigenvalue weighted by Crippen LogP contribution is 2.53. The third-order valence-electron chi connectivity index (χ3n) is 6.22. The lowest BCUT2D eigenvalue weighted by atomic mass is 9.76. The number of amides is 1. The Balaban J connectivity index is 1.61. The molecule has 1 aliphatic carbocycles. The minimum absolute atomic E-state index is 0.0753. The Labute approximate surface area is 160 Å². The van der Waals surface area contributed by atoms with E-state index >= 15 is 0 Å². The fourth-order valence-corrected chi connectivity index (χ4v) is 4.73. The average Bonchev–Trinajstić information content (AvgIpc) is 3.41. The second-order valence-electron chi connectivity index (χ2n) is 8.27. The van der Waals surface area contributed by atoms with Crippen LogP contribution in [0.5, 0.6) is 5.75 Å². The highest BCUT2D eigenvalue weighted by molar-refractivity contribution is 5.95. The summed E-state index contributed by atoms with van der Waals surface area (Å²) in [7, 11) is 1.62. The van der Waals surface area contributed by atoms with E-state index in [-0.39, 0.29) is 17.2 Å². The van der Waals surface area contributed by atoms with Gasteiger partial charge in [-0.25, -0.2) is 4.98 Å². The van der Waals surface area contributed by atoms with Gasteiger partial charge in [0.15, 0.2) is 5.82 Å². The topological polar surface area (TPSA) is 71.1 Å². The van der Waals surface area contributed by atoms with Crippen LogP contribution in [0.25, 0.3) is 0 Å². The van der Waals surface area contributed by atoms with Crippen molar-refractivity contribution in [3.8, 4) is 5.75 Å². The second-order valence-corrected chi connectivity index (χ2v) is 8.27. The Morgan fingerprint density at radius 3 is 2.78 bits per heavy atom. The van der Waals surface area contributed by atoms with Crippen LogP contribution >= 0.6 is 0 Å². The molecular weight excluding hydrogens is 340 g/mol. The van der Waals surface area contributed by atoms with Crippen LogP contribution in [-0.2, 0) is 0 Å². The number of hydrogen-bond donors (Lipinski definition) is 1. The number of carbonyl (C=O) groups is 1. The molecule has 1 saturated heterocycles. The Morgan fingerprint density at radius 2 is 2.11 bits per heavy atom. The molecule has 2 aliphatic rings. The standard InChI is InChI=1S/C21H28N4O2/c1-14(2)18-22-19(24-23-18)17-12-25(13-21(17)9-4-5-10-21)20(26)15-7-6-8-16(11-15)27-3/h6-8,11,14,17H,4-5,9-10,12-13H2,1-3H3,(H,22,23,24). The lowest BCUT2D eigenvalue weighted by molar-refractivity contribution is 0.0773. The number of carbonyl (C=O) groups excluding carboxylic acids is 1. The Morgan fingerprint density at radius 1 is 1.33 bits per heavy atom. The van der Waals surface area contributed by atoms with E-state index in [0.717, 1.165) is 31.0 Å². The molecule has 1 aromatic heterocycles. The number of nitrogens with one attached hydrogen (secondary N) is 1.